The van der Waals surface area contributed by atoms with Crippen molar-refractivity contribution >= 4 is 23.8 Å². The van der Waals surface area contributed by atoms with Gasteiger partial charge in [-0.1, -0.05) is 0 Å². The van der Waals surface area contributed by atoms with E-state index in [-0.39, 0.29) is 13.1 Å². The molecule has 0 aromatic heterocycles. The predicted octanol–water partition coefficient (Wildman–Crippen LogP) is -0.0744. The van der Waals surface area contributed by atoms with Gasteiger partial charge in [-0.25, -0.2) is 9.59 Å². The average Bonchev–Trinajstić information content (AvgIpc) is 2.38. The summed E-state index contributed by atoms with van der Waals surface area (Å²) < 4.78 is 9.25. The summed E-state index contributed by atoms with van der Waals surface area (Å²) in [6.45, 7) is 5.33. The summed E-state index contributed by atoms with van der Waals surface area (Å²) >= 11 is 0. The lowest BCUT2D eigenvalue weighted by Gasteiger charge is -2.19. The molecule has 0 aliphatic rings. The third kappa shape index (κ3) is 10.1. The maximum Gasteiger partial charge on any atom is 0.407 e. The summed E-state index contributed by atoms with van der Waals surface area (Å²) in [7, 11) is 1.15. The van der Waals surface area contributed by atoms with Crippen LogP contribution in [0.2, 0.25) is 0 Å². The van der Waals surface area contributed by atoms with E-state index < -0.39 is 29.4 Å². The minimum absolute atomic E-state index is 0.0515. The molecule has 0 atom stereocenters. The molecule has 0 unspecified atom stereocenters. The Kier molecular flexibility index (Phi) is 7.74. The van der Waals surface area contributed by atoms with E-state index >= 15 is 0 Å². The number of methoxy groups -OCH3 is 1. The molecular weight excluding hydrogens is 280 g/mol. The minimum Gasteiger partial charge on any atom is -0.466 e. The number of alkyl carbamates (subject to hydrolysis) is 1. The van der Waals surface area contributed by atoms with Gasteiger partial charge in [0.05, 0.1) is 7.11 Å². The number of ether oxygens (including phenoxy) is 2. The number of amides is 2. The number of hydrogen-bond acceptors (Lipinski definition) is 6. The molecule has 0 saturated carbocycles. The van der Waals surface area contributed by atoms with Crippen molar-refractivity contribution in [2.75, 3.05) is 20.2 Å². The third-order valence-corrected chi connectivity index (χ3v) is 1.87. The van der Waals surface area contributed by atoms with Crippen molar-refractivity contribution in [3.05, 3.63) is 12.2 Å². The predicted molar refractivity (Wildman–Crippen MR) is 73.4 cm³/mol. The maximum atomic E-state index is 11.3. The first kappa shape index (κ1) is 18.6. The summed E-state index contributed by atoms with van der Waals surface area (Å²) in [4.78, 5) is 44.6. The molecule has 8 heteroatoms. The minimum atomic E-state index is -0.891. The first-order valence-electron chi connectivity index (χ1n) is 6.20. The van der Waals surface area contributed by atoms with E-state index in [4.69, 9.17) is 4.74 Å². The first-order chi connectivity index (χ1) is 9.65. The summed E-state index contributed by atoms with van der Waals surface area (Å²) in [6.07, 6.45) is 1.04. The molecule has 0 fully saturated rings. The summed E-state index contributed by atoms with van der Waals surface area (Å²) in [5.74, 6) is -2.51. The highest BCUT2D eigenvalue weighted by molar-refractivity contribution is 6.41. The van der Waals surface area contributed by atoms with Gasteiger partial charge < -0.3 is 20.1 Å². The van der Waals surface area contributed by atoms with Crippen molar-refractivity contribution in [3.8, 4) is 0 Å². The van der Waals surface area contributed by atoms with Gasteiger partial charge in [0.15, 0.2) is 0 Å². The average molecular weight is 300 g/mol. The Morgan fingerprint density at radius 1 is 1.00 bits per heavy atom. The molecule has 0 aliphatic heterocycles. The first-order valence-corrected chi connectivity index (χ1v) is 6.20. The highest BCUT2D eigenvalue weighted by Crippen LogP contribution is 2.05. The topological polar surface area (TPSA) is 111 Å². The standard InChI is InChI=1S/C13H20N2O6/c1-13(2,3)21-12(19)15-8-7-14-11(18)9(16)5-6-10(17)20-4/h5-6H,7-8H2,1-4H3,(H,14,18)(H,15,19)/b6-5+. The number of carbonyl (C=O) groups is 4. The van der Waals surface area contributed by atoms with Gasteiger partial charge in [0.2, 0.25) is 5.78 Å². The van der Waals surface area contributed by atoms with E-state index in [0.29, 0.717) is 0 Å². The zero-order chi connectivity index (χ0) is 16.5. The van der Waals surface area contributed by atoms with Crippen LogP contribution in [0.15, 0.2) is 12.2 Å². The Balaban J connectivity index is 3.95. The van der Waals surface area contributed by atoms with Gasteiger partial charge in [0.1, 0.15) is 5.60 Å². The second-order valence-corrected chi connectivity index (χ2v) is 4.91. The van der Waals surface area contributed by atoms with E-state index in [0.717, 1.165) is 19.3 Å². The van der Waals surface area contributed by atoms with Gasteiger partial charge in [0.25, 0.3) is 5.91 Å². The molecule has 0 rings (SSSR count). The van der Waals surface area contributed by atoms with Crippen molar-refractivity contribution < 1.29 is 28.7 Å². The van der Waals surface area contributed by atoms with Gasteiger partial charge >= 0.3 is 12.1 Å². The lowest BCUT2D eigenvalue weighted by atomic mass is 10.2. The number of carbonyl (C=O) groups excluding carboxylic acids is 4. The van der Waals surface area contributed by atoms with Crippen LogP contribution in [0.5, 0.6) is 0 Å². The Morgan fingerprint density at radius 3 is 2.10 bits per heavy atom. The van der Waals surface area contributed by atoms with Crippen LogP contribution in [-0.4, -0.2) is 49.6 Å². The molecule has 21 heavy (non-hydrogen) atoms. The van der Waals surface area contributed by atoms with Crippen LogP contribution < -0.4 is 10.6 Å². The maximum absolute atomic E-state index is 11.3. The molecule has 0 spiro atoms. The lowest BCUT2D eigenvalue weighted by Crippen LogP contribution is -2.39. The van der Waals surface area contributed by atoms with Crippen molar-refractivity contribution in [1.29, 1.82) is 0 Å². The van der Waals surface area contributed by atoms with Gasteiger partial charge in [-0.3, -0.25) is 9.59 Å². The number of ketones is 1. The molecule has 0 saturated heterocycles. The molecule has 0 aliphatic carbocycles. The Labute approximate surface area is 122 Å². The highest BCUT2D eigenvalue weighted by atomic mass is 16.6. The number of esters is 1. The molecule has 0 aromatic carbocycles. The van der Waals surface area contributed by atoms with Crippen molar-refractivity contribution in [1.82, 2.24) is 10.6 Å². The lowest BCUT2D eigenvalue weighted by molar-refractivity contribution is -0.136. The smallest absolute Gasteiger partial charge is 0.407 e. The summed E-state index contributed by atoms with van der Waals surface area (Å²) in [5, 5.41) is 4.69. The fourth-order valence-corrected chi connectivity index (χ4v) is 1.03. The van der Waals surface area contributed by atoms with Crippen LogP contribution in [0.4, 0.5) is 4.79 Å². The van der Waals surface area contributed by atoms with Crippen LogP contribution in [-0.2, 0) is 23.9 Å². The molecule has 2 amide bonds. The van der Waals surface area contributed by atoms with E-state index in [1.807, 2.05) is 0 Å². The van der Waals surface area contributed by atoms with Crippen LogP contribution >= 0.6 is 0 Å². The normalized spacial score (nSPS) is 10.9. The van der Waals surface area contributed by atoms with Crippen molar-refractivity contribution in [3.63, 3.8) is 0 Å². The van der Waals surface area contributed by atoms with Crippen LogP contribution in [0.25, 0.3) is 0 Å². The molecule has 0 bridgehead atoms. The molecule has 2 N–H and O–H groups in total. The second-order valence-electron chi connectivity index (χ2n) is 4.91. The fraction of sp³-hybridized carbons (Fsp3) is 0.538. The zero-order valence-corrected chi connectivity index (χ0v) is 12.5. The number of nitrogens with one attached hydrogen (secondary N) is 2. The second kappa shape index (κ2) is 8.72. The van der Waals surface area contributed by atoms with Crippen molar-refractivity contribution in [2.24, 2.45) is 0 Å². The monoisotopic (exact) mass is 300 g/mol. The molecular formula is C13H20N2O6. The molecule has 0 heterocycles. The quantitative estimate of drug-likeness (QED) is 0.307. The van der Waals surface area contributed by atoms with Gasteiger partial charge in [-0.15, -0.1) is 0 Å². The van der Waals surface area contributed by atoms with Gasteiger partial charge in [-0.05, 0) is 26.8 Å². The van der Waals surface area contributed by atoms with E-state index in [2.05, 4.69) is 15.4 Å². The van der Waals surface area contributed by atoms with Crippen LogP contribution in [0, 0.1) is 0 Å². The fourth-order valence-electron chi connectivity index (χ4n) is 1.03. The molecule has 118 valence electrons. The van der Waals surface area contributed by atoms with E-state index in [1.165, 1.54) is 0 Å². The van der Waals surface area contributed by atoms with Crippen molar-refractivity contribution in [2.45, 2.75) is 26.4 Å². The molecule has 8 nitrogen and oxygen atoms in total. The van der Waals surface area contributed by atoms with E-state index in [9.17, 15) is 19.2 Å². The summed E-state index contributed by atoms with van der Waals surface area (Å²) in [5.41, 5.74) is -0.609. The number of rotatable bonds is 6. The highest BCUT2D eigenvalue weighted by Gasteiger charge is 2.15. The SMILES string of the molecule is COC(=O)/C=C/C(=O)C(=O)NCCNC(=O)OC(C)(C)C. The van der Waals surface area contributed by atoms with Crippen LogP contribution in [0.3, 0.4) is 0 Å². The Bertz CT molecular complexity index is 436. The van der Waals surface area contributed by atoms with Crippen LogP contribution in [0.1, 0.15) is 20.8 Å². The largest absolute Gasteiger partial charge is 0.466 e. The van der Waals surface area contributed by atoms with Gasteiger partial charge in [0, 0.05) is 19.2 Å². The third-order valence-electron chi connectivity index (χ3n) is 1.87. The molecule has 0 radical (unpaired) electrons. The summed E-state index contributed by atoms with van der Waals surface area (Å²) in [6, 6.07) is 0. The zero-order valence-electron chi connectivity index (χ0n) is 12.5. The Hall–Kier alpha value is -2.38. The molecule has 0 aromatic rings. The number of hydrogen-bond donors (Lipinski definition) is 2. The Morgan fingerprint density at radius 2 is 1.57 bits per heavy atom. The van der Waals surface area contributed by atoms with E-state index in [1.54, 1.807) is 20.8 Å². The van der Waals surface area contributed by atoms with Gasteiger partial charge in [-0.2, -0.15) is 0 Å².